The molecule has 2 aliphatic rings. The number of nitrogens with one attached hydrogen (secondary N) is 1. The Morgan fingerprint density at radius 3 is 2.67 bits per heavy atom. The topological polar surface area (TPSA) is 137 Å². The van der Waals surface area contributed by atoms with E-state index in [1.54, 1.807) is 18.2 Å². The van der Waals surface area contributed by atoms with Crippen LogP contribution < -0.4 is 9.03 Å². The summed E-state index contributed by atoms with van der Waals surface area (Å²) in [5, 5.41) is 29.3. The van der Waals surface area contributed by atoms with Gasteiger partial charge in [-0.25, -0.2) is 4.79 Å². The molecule has 2 aliphatic heterocycles. The van der Waals surface area contributed by atoms with Gasteiger partial charge in [0.15, 0.2) is 0 Å². The van der Waals surface area contributed by atoms with Crippen molar-refractivity contribution in [3.8, 4) is 5.75 Å². The summed E-state index contributed by atoms with van der Waals surface area (Å²) in [6.07, 6.45) is 3.09. The number of aromatic hydroxyl groups is 1. The highest BCUT2D eigenvalue weighted by Crippen LogP contribution is 2.49. The molecule has 1 aromatic carbocycles. The molecule has 3 rings (SSSR count). The Balaban J connectivity index is 1.68. The molecule has 0 aromatic heterocycles. The molecule has 1 amide bonds. The zero-order valence-corrected chi connectivity index (χ0v) is 15.8. The molecule has 0 bridgehead atoms. The van der Waals surface area contributed by atoms with Gasteiger partial charge < -0.3 is 20.2 Å². The number of nitrogens with zero attached hydrogens (tertiary/aromatic N) is 2. The molecule has 2 atom stereocenters. The van der Waals surface area contributed by atoms with Crippen molar-refractivity contribution in [2.45, 2.75) is 50.8 Å². The Bertz CT molecular complexity index is 689. The van der Waals surface area contributed by atoms with Gasteiger partial charge in [0.05, 0.1) is 6.54 Å². The number of hydrogen-bond acceptors (Lipinski definition) is 7. The third-order valence-electron chi connectivity index (χ3n) is 5.14. The molecule has 10 heteroatoms. The van der Waals surface area contributed by atoms with Crippen LogP contribution in [0, 0.1) is 0 Å². The Hall–Kier alpha value is -1.72. The lowest BCUT2D eigenvalue weighted by Gasteiger charge is -2.36. The molecule has 0 aliphatic carbocycles. The molecular weight excluding hydrogens is 374 g/mol. The fourth-order valence-corrected chi connectivity index (χ4v) is 5.12. The standard InChI is InChI=1S/C17H27N3O6S/c21-15-10-12(5-7-13-4-2-1-3-9-19(13)17(23)24)6-8-14(15)20-11-16(22)18-27(20,25)26/h6,8,10,13,16,18,21-22,25-26H,1-5,7,9,11H2,(H,23,24). The van der Waals surface area contributed by atoms with Crippen LogP contribution in [-0.4, -0.2) is 60.8 Å². The van der Waals surface area contributed by atoms with Crippen molar-refractivity contribution >= 4 is 22.7 Å². The first kappa shape index (κ1) is 20.0. The molecule has 0 spiro atoms. The number of phenols is 1. The Morgan fingerprint density at radius 2 is 2.04 bits per heavy atom. The summed E-state index contributed by atoms with van der Waals surface area (Å²) in [6, 6.07) is 4.88. The molecule has 2 fully saturated rings. The molecule has 2 heterocycles. The summed E-state index contributed by atoms with van der Waals surface area (Å²) in [6.45, 7) is 0.511. The van der Waals surface area contributed by atoms with Gasteiger partial charge in [0.1, 0.15) is 17.7 Å². The summed E-state index contributed by atoms with van der Waals surface area (Å²) in [7, 11) is -3.37. The maximum atomic E-state index is 11.5. The van der Waals surface area contributed by atoms with Gasteiger partial charge >= 0.3 is 6.09 Å². The van der Waals surface area contributed by atoms with E-state index in [2.05, 4.69) is 4.72 Å². The number of carbonyl (C=O) groups is 1. The highest BCUT2D eigenvalue weighted by Gasteiger charge is 2.36. The molecule has 1 aromatic rings. The second kappa shape index (κ2) is 8.11. The summed E-state index contributed by atoms with van der Waals surface area (Å²) in [4.78, 5) is 13.0. The molecule has 27 heavy (non-hydrogen) atoms. The van der Waals surface area contributed by atoms with Crippen molar-refractivity contribution in [3.63, 3.8) is 0 Å². The lowest BCUT2D eigenvalue weighted by molar-refractivity contribution is 0.123. The second-order valence-corrected chi connectivity index (χ2v) is 8.77. The lowest BCUT2D eigenvalue weighted by atomic mass is 10.0. The minimum Gasteiger partial charge on any atom is -0.506 e. The van der Waals surface area contributed by atoms with E-state index < -0.39 is 23.3 Å². The van der Waals surface area contributed by atoms with Gasteiger partial charge in [0.2, 0.25) is 0 Å². The van der Waals surface area contributed by atoms with Crippen LogP contribution in [0.1, 0.15) is 37.7 Å². The Morgan fingerprint density at radius 1 is 1.26 bits per heavy atom. The van der Waals surface area contributed by atoms with Gasteiger partial charge in [0, 0.05) is 12.6 Å². The first-order valence-corrected chi connectivity index (χ1v) is 10.6. The molecule has 9 nitrogen and oxygen atoms in total. The van der Waals surface area contributed by atoms with Crippen LogP contribution in [0.25, 0.3) is 0 Å². The molecule has 0 saturated carbocycles. The zero-order chi connectivity index (χ0) is 19.6. The van der Waals surface area contributed by atoms with Crippen LogP contribution in [0.15, 0.2) is 18.2 Å². The summed E-state index contributed by atoms with van der Waals surface area (Å²) >= 11 is 0. The van der Waals surface area contributed by atoms with Gasteiger partial charge in [-0.15, -0.1) is 0 Å². The van der Waals surface area contributed by atoms with Crippen molar-refractivity contribution in [2.75, 3.05) is 17.4 Å². The number of benzene rings is 1. The highest BCUT2D eigenvalue weighted by atomic mass is 32.3. The van der Waals surface area contributed by atoms with Crippen molar-refractivity contribution < 1.29 is 29.2 Å². The van der Waals surface area contributed by atoms with Crippen molar-refractivity contribution in [1.82, 2.24) is 9.62 Å². The van der Waals surface area contributed by atoms with E-state index >= 15 is 0 Å². The molecule has 6 N–H and O–H groups in total. The fourth-order valence-electron chi connectivity index (χ4n) is 3.78. The van der Waals surface area contributed by atoms with E-state index in [1.165, 1.54) is 4.90 Å². The monoisotopic (exact) mass is 401 g/mol. The number of hydrogen-bond donors (Lipinski definition) is 6. The fraction of sp³-hybridized carbons (Fsp3) is 0.588. The van der Waals surface area contributed by atoms with Gasteiger partial charge in [0.25, 0.3) is 0 Å². The first-order valence-electron chi connectivity index (χ1n) is 9.10. The number of β-amino-alcohol motifs (C(OH)–C–C–N with tert-alkyl or cyclic N) is 1. The summed E-state index contributed by atoms with van der Waals surface area (Å²) < 4.78 is 23.4. The summed E-state index contributed by atoms with van der Waals surface area (Å²) in [5.74, 6) is -0.112. The number of aliphatic hydroxyl groups excluding tert-OH is 1. The summed E-state index contributed by atoms with van der Waals surface area (Å²) in [5.41, 5.74) is 1.07. The van der Waals surface area contributed by atoms with E-state index in [1.807, 2.05) is 0 Å². The molecule has 2 unspecified atom stereocenters. The number of anilines is 1. The Labute approximate surface area is 159 Å². The average molecular weight is 401 g/mol. The molecular formula is C17H27N3O6S. The minimum absolute atomic E-state index is 0.0308. The average Bonchev–Trinajstić information content (AvgIpc) is 2.76. The molecule has 152 valence electrons. The maximum Gasteiger partial charge on any atom is 0.407 e. The Kier molecular flexibility index (Phi) is 6.02. The lowest BCUT2D eigenvalue weighted by Crippen LogP contribution is -2.39. The van der Waals surface area contributed by atoms with E-state index in [4.69, 9.17) is 0 Å². The largest absolute Gasteiger partial charge is 0.506 e. The van der Waals surface area contributed by atoms with Crippen LogP contribution in [0.3, 0.4) is 0 Å². The van der Waals surface area contributed by atoms with Crippen LogP contribution >= 0.6 is 11.0 Å². The van der Waals surface area contributed by atoms with Crippen molar-refractivity contribution in [3.05, 3.63) is 23.8 Å². The van der Waals surface area contributed by atoms with Crippen molar-refractivity contribution in [2.24, 2.45) is 0 Å². The van der Waals surface area contributed by atoms with E-state index in [9.17, 15) is 29.2 Å². The number of phenolic OH excluding ortho intramolecular Hbond substituents is 1. The normalized spacial score (nSPS) is 26.6. The third kappa shape index (κ3) is 4.58. The van der Waals surface area contributed by atoms with Gasteiger partial charge in [-0.3, -0.25) is 13.4 Å². The third-order valence-corrected chi connectivity index (χ3v) is 6.69. The van der Waals surface area contributed by atoms with Crippen LogP contribution in [0.2, 0.25) is 0 Å². The van der Waals surface area contributed by atoms with E-state index in [-0.39, 0.29) is 24.0 Å². The van der Waals surface area contributed by atoms with Gasteiger partial charge in [-0.05, 0) is 43.4 Å². The maximum absolute atomic E-state index is 11.5. The number of likely N-dealkylation sites (tertiary alicyclic amines) is 1. The predicted octanol–water partition coefficient (Wildman–Crippen LogP) is 2.56. The second-order valence-electron chi connectivity index (χ2n) is 7.05. The number of amides is 1. The smallest absolute Gasteiger partial charge is 0.407 e. The highest BCUT2D eigenvalue weighted by molar-refractivity contribution is 8.24. The number of aliphatic hydroxyl groups is 1. The molecule has 0 radical (unpaired) electrons. The predicted molar refractivity (Wildman–Crippen MR) is 103 cm³/mol. The van der Waals surface area contributed by atoms with E-state index in [0.29, 0.717) is 19.4 Å². The van der Waals surface area contributed by atoms with Crippen LogP contribution in [0.5, 0.6) is 5.75 Å². The van der Waals surface area contributed by atoms with Gasteiger partial charge in [-0.1, -0.05) is 29.9 Å². The van der Waals surface area contributed by atoms with Crippen LogP contribution in [0.4, 0.5) is 10.5 Å². The quantitative estimate of drug-likeness (QED) is 0.453. The number of rotatable bonds is 4. The van der Waals surface area contributed by atoms with Gasteiger partial charge in [-0.2, -0.15) is 4.72 Å². The minimum atomic E-state index is -3.37. The molecule has 2 saturated heterocycles. The number of carboxylic acid groups (broad SMARTS) is 1. The SMILES string of the molecule is O=C(O)N1CCCCCC1CCc1ccc(N2CC(O)NS2(O)O)c(O)c1. The number of aryl methyl sites for hydroxylation is 1. The zero-order valence-electron chi connectivity index (χ0n) is 15.0. The first-order chi connectivity index (χ1) is 12.8. The van der Waals surface area contributed by atoms with Crippen molar-refractivity contribution in [1.29, 1.82) is 0 Å². The van der Waals surface area contributed by atoms with Crippen LogP contribution in [-0.2, 0) is 6.42 Å². The van der Waals surface area contributed by atoms with E-state index in [0.717, 1.165) is 35.6 Å².